The molecule has 1 aromatic heterocycles. The van der Waals surface area contributed by atoms with Gasteiger partial charge in [-0.05, 0) is 55.6 Å². The lowest BCUT2D eigenvalue weighted by Crippen LogP contribution is -2.39. The van der Waals surface area contributed by atoms with Gasteiger partial charge in [0.25, 0.3) is 0 Å². The number of pyridine rings is 1. The Hall–Kier alpha value is -1.16. The van der Waals surface area contributed by atoms with Crippen LogP contribution < -0.4 is 5.73 Å². The molecule has 1 aromatic carbocycles. The lowest BCUT2D eigenvalue weighted by molar-refractivity contribution is 0.142. The molecule has 4 heteroatoms. The van der Waals surface area contributed by atoms with E-state index in [1.807, 2.05) is 24.4 Å². The van der Waals surface area contributed by atoms with E-state index in [0.29, 0.717) is 6.54 Å². The summed E-state index contributed by atoms with van der Waals surface area (Å²) in [6, 6.07) is 8.24. The van der Waals surface area contributed by atoms with Crippen LogP contribution in [0.4, 0.5) is 0 Å². The zero-order valence-corrected chi connectivity index (χ0v) is 13.2. The fraction of sp³-hybridized carbons (Fsp3) is 0.471. The van der Waals surface area contributed by atoms with E-state index in [4.69, 9.17) is 17.3 Å². The molecule has 0 spiro atoms. The molecule has 1 saturated heterocycles. The summed E-state index contributed by atoms with van der Waals surface area (Å²) in [5.41, 5.74) is 8.28. The number of halogens is 1. The molecule has 0 radical (unpaired) electrons. The topological polar surface area (TPSA) is 42.1 Å². The van der Waals surface area contributed by atoms with Crippen LogP contribution in [0.1, 0.15) is 31.4 Å². The number of hydrogen-bond acceptors (Lipinski definition) is 3. The number of aromatic nitrogens is 1. The molecule has 1 atom stereocenters. The first-order chi connectivity index (χ1) is 10.2. The van der Waals surface area contributed by atoms with Crippen LogP contribution in [0.5, 0.6) is 0 Å². The van der Waals surface area contributed by atoms with Crippen LogP contribution in [-0.4, -0.2) is 29.5 Å². The van der Waals surface area contributed by atoms with Gasteiger partial charge in [0.15, 0.2) is 0 Å². The van der Waals surface area contributed by atoms with Crippen LogP contribution in [0.2, 0.25) is 5.02 Å². The van der Waals surface area contributed by atoms with Crippen molar-refractivity contribution in [2.45, 2.75) is 25.8 Å². The standard InChI is InChI=1S/C17H22ClN3/c1-12-6-9-21(10-7-12)16(11-19)14-4-5-15(18)13-3-2-8-20-17(13)14/h2-5,8,12,16H,6-7,9-11,19H2,1H3. The maximum Gasteiger partial charge on any atom is 0.0765 e. The number of nitrogens with zero attached hydrogens (tertiary/aromatic N) is 2. The van der Waals surface area contributed by atoms with Gasteiger partial charge in [-0.3, -0.25) is 9.88 Å². The highest BCUT2D eigenvalue weighted by molar-refractivity contribution is 6.35. The van der Waals surface area contributed by atoms with Crippen molar-refractivity contribution in [3.05, 3.63) is 41.0 Å². The Morgan fingerprint density at radius 3 is 2.81 bits per heavy atom. The van der Waals surface area contributed by atoms with Crippen molar-refractivity contribution in [3.63, 3.8) is 0 Å². The minimum Gasteiger partial charge on any atom is -0.329 e. The Kier molecular flexibility index (Phi) is 4.43. The van der Waals surface area contributed by atoms with Gasteiger partial charge >= 0.3 is 0 Å². The van der Waals surface area contributed by atoms with E-state index in [1.165, 1.54) is 18.4 Å². The van der Waals surface area contributed by atoms with Crippen LogP contribution in [0.15, 0.2) is 30.5 Å². The monoisotopic (exact) mass is 303 g/mol. The SMILES string of the molecule is CC1CCN(C(CN)c2ccc(Cl)c3cccnc23)CC1. The van der Waals surface area contributed by atoms with Gasteiger partial charge in [-0.1, -0.05) is 24.6 Å². The van der Waals surface area contributed by atoms with Crippen molar-refractivity contribution in [1.29, 1.82) is 0 Å². The van der Waals surface area contributed by atoms with Gasteiger partial charge < -0.3 is 5.73 Å². The van der Waals surface area contributed by atoms with E-state index < -0.39 is 0 Å². The van der Waals surface area contributed by atoms with Crippen molar-refractivity contribution in [2.75, 3.05) is 19.6 Å². The van der Waals surface area contributed by atoms with Gasteiger partial charge in [-0.2, -0.15) is 0 Å². The van der Waals surface area contributed by atoms with Crippen molar-refractivity contribution >= 4 is 22.5 Å². The molecular formula is C17H22ClN3. The van der Waals surface area contributed by atoms with Gasteiger partial charge in [0.05, 0.1) is 5.52 Å². The summed E-state index contributed by atoms with van der Waals surface area (Å²) < 4.78 is 0. The van der Waals surface area contributed by atoms with E-state index >= 15 is 0 Å². The van der Waals surface area contributed by atoms with Crippen LogP contribution >= 0.6 is 11.6 Å². The van der Waals surface area contributed by atoms with Gasteiger partial charge in [-0.15, -0.1) is 0 Å². The van der Waals surface area contributed by atoms with E-state index in [-0.39, 0.29) is 6.04 Å². The quantitative estimate of drug-likeness (QED) is 0.941. The lowest BCUT2D eigenvalue weighted by Gasteiger charge is -2.36. The van der Waals surface area contributed by atoms with Crippen molar-refractivity contribution in [3.8, 4) is 0 Å². The molecule has 1 aliphatic heterocycles. The Morgan fingerprint density at radius 2 is 2.10 bits per heavy atom. The molecule has 112 valence electrons. The first-order valence-electron chi connectivity index (χ1n) is 7.68. The molecule has 0 bridgehead atoms. The lowest BCUT2D eigenvalue weighted by atomic mass is 9.95. The third-order valence-electron chi connectivity index (χ3n) is 4.59. The fourth-order valence-electron chi connectivity index (χ4n) is 3.24. The molecular weight excluding hydrogens is 282 g/mol. The number of piperidine rings is 1. The first-order valence-corrected chi connectivity index (χ1v) is 8.05. The smallest absolute Gasteiger partial charge is 0.0765 e. The molecule has 1 aliphatic rings. The third-order valence-corrected chi connectivity index (χ3v) is 4.92. The molecule has 2 aromatic rings. The van der Waals surface area contributed by atoms with E-state index in [2.05, 4.69) is 22.9 Å². The van der Waals surface area contributed by atoms with Crippen molar-refractivity contribution in [2.24, 2.45) is 11.7 Å². The number of benzene rings is 1. The van der Waals surface area contributed by atoms with Gasteiger partial charge in [0.2, 0.25) is 0 Å². The molecule has 2 N–H and O–H groups in total. The van der Waals surface area contributed by atoms with Crippen molar-refractivity contribution in [1.82, 2.24) is 9.88 Å². The third kappa shape index (κ3) is 2.91. The molecule has 1 fully saturated rings. The molecule has 2 heterocycles. The van der Waals surface area contributed by atoms with Crippen LogP contribution in [0.25, 0.3) is 10.9 Å². The highest BCUT2D eigenvalue weighted by Crippen LogP contribution is 2.32. The van der Waals surface area contributed by atoms with Crippen molar-refractivity contribution < 1.29 is 0 Å². The molecule has 1 unspecified atom stereocenters. The van der Waals surface area contributed by atoms with E-state index in [1.54, 1.807) is 0 Å². The Morgan fingerprint density at radius 1 is 1.33 bits per heavy atom. The molecule has 0 aliphatic carbocycles. The normalized spacial score (nSPS) is 19.0. The zero-order chi connectivity index (χ0) is 14.8. The number of hydrogen-bond donors (Lipinski definition) is 1. The van der Waals surface area contributed by atoms with Gasteiger partial charge in [-0.25, -0.2) is 0 Å². The molecule has 0 amide bonds. The number of fused-ring (bicyclic) bond motifs is 1. The van der Waals surface area contributed by atoms with Gasteiger partial charge in [0.1, 0.15) is 0 Å². The second kappa shape index (κ2) is 6.30. The van der Waals surface area contributed by atoms with Crippen LogP contribution in [0, 0.1) is 5.92 Å². The fourth-order valence-corrected chi connectivity index (χ4v) is 3.46. The Balaban J connectivity index is 1.99. The summed E-state index contributed by atoms with van der Waals surface area (Å²) >= 11 is 6.30. The molecule has 3 rings (SSSR count). The average Bonchev–Trinajstić information content (AvgIpc) is 2.52. The van der Waals surface area contributed by atoms with Gasteiger partial charge in [0, 0.05) is 29.2 Å². The Bertz CT molecular complexity index is 620. The summed E-state index contributed by atoms with van der Waals surface area (Å²) in [6.45, 7) is 5.16. The largest absolute Gasteiger partial charge is 0.329 e. The first kappa shape index (κ1) is 14.8. The average molecular weight is 304 g/mol. The highest BCUT2D eigenvalue weighted by atomic mass is 35.5. The predicted octanol–water partition coefficient (Wildman–Crippen LogP) is 3.62. The second-order valence-corrected chi connectivity index (χ2v) is 6.41. The van der Waals surface area contributed by atoms with E-state index in [0.717, 1.165) is 34.9 Å². The number of nitrogens with two attached hydrogens (primary N) is 1. The number of likely N-dealkylation sites (tertiary alicyclic amines) is 1. The maximum atomic E-state index is 6.30. The summed E-state index contributed by atoms with van der Waals surface area (Å²) in [4.78, 5) is 7.05. The van der Waals surface area contributed by atoms with Crippen LogP contribution in [0.3, 0.4) is 0 Å². The summed E-state index contributed by atoms with van der Waals surface area (Å²) in [5, 5.41) is 1.77. The predicted molar refractivity (Wildman–Crippen MR) is 88.5 cm³/mol. The highest BCUT2D eigenvalue weighted by Gasteiger charge is 2.25. The van der Waals surface area contributed by atoms with Crippen LogP contribution in [-0.2, 0) is 0 Å². The second-order valence-electron chi connectivity index (χ2n) is 6.01. The summed E-state index contributed by atoms with van der Waals surface area (Å²) in [5.74, 6) is 0.819. The number of rotatable bonds is 3. The molecule has 0 saturated carbocycles. The zero-order valence-electron chi connectivity index (χ0n) is 12.4. The summed E-state index contributed by atoms with van der Waals surface area (Å²) in [7, 11) is 0. The minimum atomic E-state index is 0.229. The molecule has 3 nitrogen and oxygen atoms in total. The van der Waals surface area contributed by atoms with E-state index in [9.17, 15) is 0 Å². The minimum absolute atomic E-state index is 0.229. The maximum absolute atomic E-state index is 6.30. The summed E-state index contributed by atoms with van der Waals surface area (Å²) in [6.07, 6.45) is 4.32. The Labute approximate surface area is 131 Å². The molecule has 21 heavy (non-hydrogen) atoms.